The lowest BCUT2D eigenvalue weighted by Gasteiger charge is -2.36. The van der Waals surface area contributed by atoms with E-state index in [4.69, 9.17) is 47.5 Å². The van der Waals surface area contributed by atoms with Gasteiger partial charge in [-0.1, -0.05) is 53.9 Å². The molecule has 1 spiro atoms. The van der Waals surface area contributed by atoms with Gasteiger partial charge in [0.25, 0.3) is 0 Å². The summed E-state index contributed by atoms with van der Waals surface area (Å²) < 4.78 is 5.95. The number of ether oxygens (including phenoxy) is 1. The molecule has 1 aliphatic carbocycles. The van der Waals surface area contributed by atoms with E-state index in [0.29, 0.717) is 22.9 Å². The normalized spacial score (nSPS) is 20.8. The monoisotopic (exact) mass is 468 g/mol. The highest BCUT2D eigenvalue weighted by Crippen LogP contribution is 2.34. The minimum absolute atomic E-state index is 0.112. The number of halogens is 2. The van der Waals surface area contributed by atoms with Gasteiger partial charge in [-0.25, -0.2) is 9.78 Å². The Bertz CT molecular complexity index is 789. The van der Waals surface area contributed by atoms with Crippen molar-refractivity contribution in [3.8, 4) is 0 Å². The van der Waals surface area contributed by atoms with E-state index >= 15 is 0 Å². The topological polar surface area (TPSA) is 52.6 Å². The van der Waals surface area contributed by atoms with Crippen molar-refractivity contribution in [2.45, 2.75) is 37.9 Å². The van der Waals surface area contributed by atoms with Crippen molar-refractivity contribution in [1.82, 2.24) is 0 Å². The molecule has 0 N–H and O–H groups in total. The first-order valence-electron chi connectivity index (χ1n) is 10.3. The van der Waals surface area contributed by atoms with E-state index in [9.17, 15) is 0 Å². The second-order valence-corrected chi connectivity index (χ2v) is 8.39. The lowest BCUT2D eigenvalue weighted by molar-refractivity contribution is -0.517. The van der Waals surface area contributed by atoms with Crippen LogP contribution in [0.25, 0.3) is 0 Å². The van der Waals surface area contributed by atoms with Gasteiger partial charge in [0.2, 0.25) is 5.79 Å². The van der Waals surface area contributed by atoms with Crippen molar-refractivity contribution in [1.29, 1.82) is 0 Å². The van der Waals surface area contributed by atoms with E-state index in [1.165, 1.54) is 0 Å². The fourth-order valence-corrected chi connectivity index (χ4v) is 4.21. The molecule has 7 nitrogen and oxygen atoms in total. The molecule has 2 aromatic rings. The number of hydrogen-bond donors (Lipinski definition) is 0. The Labute approximate surface area is 192 Å². The molecule has 1 heterocycles. The highest BCUT2D eigenvalue weighted by molar-refractivity contribution is 6.33. The molecular weight excluding hydrogens is 443 g/mol. The molecule has 0 unspecified atom stereocenters. The summed E-state index contributed by atoms with van der Waals surface area (Å²) in [6, 6.07) is 15.0. The molecule has 0 bridgehead atoms. The summed E-state index contributed by atoms with van der Waals surface area (Å²) in [4.78, 5) is 26.4. The van der Waals surface area contributed by atoms with Crippen LogP contribution in [0.15, 0.2) is 48.5 Å². The summed E-state index contributed by atoms with van der Waals surface area (Å²) in [5.74, 6) is -0.948. The summed E-state index contributed by atoms with van der Waals surface area (Å²) in [5.41, 5.74) is 1.56. The van der Waals surface area contributed by atoms with Crippen LogP contribution in [0.3, 0.4) is 0 Å². The maximum atomic E-state index is 6.40. The minimum atomic E-state index is -0.948. The molecule has 1 saturated carbocycles. The fraction of sp³-hybridized carbons (Fsp3) is 0.455. The number of benzene rings is 2. The Morgan fingerprint density at radius 3 is 1.61 bits per heavy atom. The summed E-state index contributed by atoms with van der Waals surface area (Å²) in [7, 11) is 0. The van der Waals surface area contributed by atoms with E-state index in [1.54, 1.807) is 0 Å². The van der Waals surface area contributed by atoms with Crippen LogP contribution in [-0.2, 0) is 24.3 Å². The maximum absolute atomic E-state index is 6.40. The van der Waals surface area contributed by atoms with Gasteiger partial charge >= 0.3 is 0 Å². The molecular formula is C22H26Cl2N2O5. The first-order chi connectivity index (χ1) is 15.2. The van der Waals surface area contributed by atoms with E-state index in [1.807, 2.05) is 58.3 Å². The van der Waals surface area contributed by atoms with Crippen LogP contribution in [0, 0.1) is 0 Å². The predicted octanol–water partition coefficient (Wildman–Crippen LogP) is 5.72. The Morgan fingerprint density at radius 1 is 0.645 bits per heavy atom. The lowest BCUT2D eigenvalue weighted by Crippen LogP contribution is -2.43. The van der Waals surface area contributed by atoms with Gasteiger partial charge in [0.1, 0.15) is 13.5 Å². The third-order valence-corrected chi connectivity index (χ3v) is 5.97. The van der Waals surface area contributed by atoms with Crippen molar-refractivity contribution >= 4 is 34.6 Å². The molecule has 4 rings (SSSR count). The average molecular weight is 469 g/mol. The first-order valence-corrected chi connectivity index (χ1v) is 11.1. The molecule has 0 radical (unpaired) electrons. The van der Waals surface area contributed by atoms with Gasteiger partial charge in [0, 0.05) is 12.8 Å². The summed E-state index contributed by atoms with van der Waals surface area (Å²) in [6.07, 6.45) is 4.43. The van der Waals surface area contributed by atoms with Crippen molar-refractivity contribution in [3.63, 3.8) is 0 Å². The zero-order valence-corrected chi connectivity index (χ0v) is 18.7. The van der Waals surface area contributed by atoms with E-state index in [0.717, 1.165) is 30.6 Å². The summed E-state index contributed by atoms with van der Waals surface area (Å²) in [5, 5.41) is 1.19. The zero-order valence-electron chi connectivity index (χ0n) is 17.2. The molecule has 2 fully saturated rings. The molecule has 9 heteroatoms. The molecule has 1 aliphatic heterocycles. The van der Waals surface area contributed by atoms with Gasteiger partial charge < -0.3 is 14.5 Å². The van der Waals surface area contributed by atoms with Crippen molar-refractivity contribution < 1.29 is 24.3 Å². The average Bonchev–Trinajstić information content (AvgIpc) is 2.78. The van der Waals surface area contributed by atoms with Crippen LogP contribution in [0.4, 0.5) is 11.4 Å². The van der Waals surface area contributed by atoms with Crippen LogP contribution < -0.4 is 9.80 Å². The first kappa shape index (κ1) is 22.6. The van der Waals surface area contributed by atoms with Crippen LogP contribution in [-0.4, -0.2) is 32.7 Å². The highest BCUT2D eigenvalue weighted by atomic mass is 35.5. The molecule has 1 saturated heterocycles. The van der Waals surface area contributed by atoms with Crippen molar-refractivity contribution in [2.24, 2.45) is 0 Å². The van der Waals surface area contributed by atoms with Crippen molar-refractivity contribution in [2.75, 3.05) is 36.7 Å². The Kier molecular flexibility index (Phi) is 7.90. The molecule has 168 valence electrons. The molecule has 0 atom stereocenters. The van der Waals surface area contributed by atoms with E-state index in [-0.39, 0.29) is 26.9 Å². The number of nitrogens with zero attached hydrogens (tertiary/aromatic N) is 2. The van der Waals surface area contributed by atoms with Crippen LogP contribution in [0.1, 0.15) is 32.1 Å². The number of anilines is 2. The second-order valence-electron chi connectivity index (χ2n) is 7.58. The standard InChI is InChI=1S/C22H26Cl2N2O5/c23-18-8-2-4-10-20(18)25-14-27-15-26(21-11-5-3-9-19(21)24)17-29-31-22(30-28-16-25)12-6-1-7-13-22/h2-5,8-11H,1,6-7,12-17H2. The smallest absolute Gasteiger partial charge is 0.234 e. The van der Waals surface area contributed by atoms with Crippen LogP contribution in [0.2, 0.25) is 10.0 Å². The quantitative estimate of drug-likeness (QED) is 0.522. The third kappa shape index (κ3) is 5.81. The van der Waals surface area contributed by atoms with Crippen LogP contribution >= 0.6 is 23.2 Å². The predicted molar refractivity (Wildman–Crippen MR) is 119 cm³/mol. The van der Waals surface area contributed by atoms with Crippen LogP contribution in [0.5, 0.6) is 0 Å². The Morgan fingerprint density at radius 2 is 1.13 bits per heavy atom. The zero-order chi connectivity index (χ0) is 21.5. The third-order valence-electron chi connectivity index (χ3n) is 5.33. The fourth-order valence-electron chi connectivity index (χ4n) is 3.70. The summed E-state index contributed by atoms with van der Waals surface area (Å²) >= 11 is 12.8. The number of rotatable bonds is 2. The maximum Gasteiger partial charge on any atom is 0.234 e. The molecule has 0 aromatic heterocycles. The van der Waals surface area contributed by atoms with Gasteiger partial charge in [-0.15, -0.1) is 0 Å². The minimum Gasteiger partial charge on any atom is -0.341 e. The lowest BCUT2D eigenvalue weighted by atomic mass is 9.94. The molecule has 2 aromatic carbocycles. The van der Waals surface area contributed by atoms with E-state index in [2.05, 4.69) is 0 Å². The van der Waals surface area contributed by atoms with Gasteiger partial charge in [-0.05, 0) is 37.1 Å². The largest absolute Gasteiger partial charge is 0.341 e. The van der Waals surface area contributed by atoms with Gasteiger partial charge in [0.15, 0.2) is 13.5 Å². The second kappa shape index (κ2) is 10.8. The van der Waals surface area contributed by atoms with E-state index < -0.39 is 5.79 Å². The Hall–Kier alpha value is -1.58. The summed E-state index contributed by atoms with van der Waals surface area (Å²) in [6.45, 7) is 0.672. The molecule has 0 amide bonds. The van der Waals surface area contributed by atoms with Gasteiger partial charge in [-0.2, -0.15) is 9.78 Å². The molecule has 31 heavy (non-hydrogen) atoms. The van der Waals surface area contributed by atoms with Gasteiger partial charge in [-0.3, -0.25) is 0 Å². The Balaban J connectivity index is 1.56. The SMILES string of the molecule is Clc1ccccc1N1COCN(c2ccccc2Cl)COOC2(CCCCC2)OOC1. The van der Waals surface area contributed by atoms with Crippen molar-refractivity contribution in [3.05, 3.63) is 58.6 Å². The van der Waals surface area contributed by atoms with Gasteiger partial charge in [0.05, 0.1) is 21.4 Å². The number of hydrogen-bond acceptors (Lipinski definition) is 7. The highest BCUT2D eigenvalue weighted by Gasteiger charge is 2.38. The number of para-hydroxylation sites is 2. The molecule has 2 aliphatic rings.